The van der Waals surface area contributed by atoms with Gasteiger partial charge in [0.2, 0.25) is 0 Å². The van der Waals surface area contributed by atoms with Gasteiger partial charge in [0.05, 0.1) is 41.0 Å². The van der Waals surface area contributed by atoms with E-state index in [1.807, 2.05) is 25.1 Å². The molecule has 3 heterocycles. The van der Waals surface area contributed by atoms with Gasteiger partial charge in [0, 0.05) is 6.20 Å². The highest BCUT2D eigenvalue weighted by atomic mass is 16.1. The van der Waals surface area contributed by atoms with Crippen molar-refractivity contribution in [2.45, 2.75) is 13.5 Å². The summed E-state index contributed by atoms with van der Waals surface area (Å²) in [5.74, 6) is 0.879. The molecule has 0 bridgehead atoms. The van der Waals surface area contributed by atoms with Crippen LogP contribution in [0.25, 0.3) is 21.9 Å². The molecular formula is C16H13N5O. The molecule has 0 amide bonds. The van der Waals surface area contributed by atoms with Crippen LogP contribution in [0.1, 0.15) is 11.4 Å². The van der Waals surface area contributed by atoms with E-state index in [0.717, 1.165) is 22.4 Å². The zero-order valence-electron chi connectivity index (χ0n) is 11.9. The van der Waals surface area contributed by atoms with Gasteiger partial charge < -0.3 is 4.98 Å². The third-order valence-corrected chi connectivity index (χ3v) is 3.65. The van der Waals surface area contributed by atoms with Crippen LogP contribution in [0.4, 0.5) is 0 Å². The molecule has 1 aromatic carbocycles. The molecule has 4 aromatic rings. The van der Waals surface area contributed by atoms with Crippen LogP contribution < -0.4 is 5.56 Å². The van der Waals surface area contributed by atoms with Gasteiger partial charge in [-0.15, -0.1) is 0 Å². The van der Waals surface area contributed by atoms with Gasteiger partial charge in [-0.2, -0.15) is 0 Å². The minimum Gasteiger partial charge on any atom is -0.342 e. The van der Waals surface area contributed by atoms with Crippen LogP contribution >= 0.6 is 0 Å². The standard InChI is InChI=1S/C16H13N5O/c1-10-19-13-3-2-11(6-14(13)20-10)8-21-9-18-15-7-17-5-4-12(15)16(21)22/h2-7,9H,8H2,1H3,(H,19,20). The maximum atomic E-state index is 12.5. The van der Waals surface area contributed by atoms with Gasteiger partial charge in [-0.05, 0) is 30.7 Å². The van der Waals surface area contributed by atoms with Crippen molar-refractivity contribution in [3.8, 4) is 0 Å². The van der Waals surface area contributed by atoms with Crippen LogP contribution in [0, 0.1) is 6.92 Å². The predicted molar refractivity (Wildman–Crippen MR) is 83.7 cm³/mol. The number of rotatable bonds is 2. The quantitative estimate of drug-likeness (QED) is 0.613. The van der Waals surface area contributed by atoms with E-state index in [9.17, 15) is 4.79 Å². The Morgan fingerprint density at radius 3 is 3.05 bits per heavy atom. The van der Waals surface area contributed by atoms with Crippen LogP contribution in [0.3, 0.4) is 0 Å². The van der Waals surface area contributed by atoms with Crippen LogP contribution in [0.15, 0.2) is 47.8 Å². The summed E-state index contributed by atoms with van der Waals surface area (Å²) in [4.78, 5) is 28.3. The van der Waals surface area contributed by atoms with E-state index in [0.29, 0.717) is 17.4 Å². The zero-order valence-corrected chi connectivity index (χ0v) is 11.9. The highest BCUT2D eigenvalue weighted by Crippen LogP contribution is 2.14. The number of benzene rings is 1. The minimum atomic E-state index is -0.0618. The summed E-state index contributed by atoms with van der Waals surface area (Å²) in [5, 5.41) is 0.580. The number of nitrogens with zero attached hydrogens (tertiary/aromatic N) is 4. The van der Waals surface area contributed by atoms with Crippen molar-refractivity contribution in [1.29, 1.82) is 0 Å². The van der Waals surface area contributed by atoms with E-state index in [2.05, 4.69) is 19.9 Å². The SMILES string of the molecule is Cc1nc2ccc(Cn3cnc4cnccc4c3=O)cc2[nH]1. The molecule has 0 spiro atoms. The number of aromatic amines is 1. The normalized spacial score (nSPS) is 11.3. The lowest BCUT2D eigenvalue weighted by molar-refractivity contribution is 0.748. The van der Waals surface area contributed by atoms with Crippen LogP contribution in [0.5, 0.6) is 0 Å². The average molecular weight is 291 g/mol. The molecule has 6 nitrogen and oxygen atoms in total. The first kappa shape index (κ1) is 12.7. The van der Waals surface area contributed by atoms with E-state index in [4.69, 9.17) is 0 Å². The monoisotopic (exact) mass is 291 g/mol. The van der Waals surface area contributed by atoms with Gasteiger partial charge in [0.15, 0.2) is 0 Å². The number of pyridine rings is 1. The molecule has 22 heavy (non-hydrogen) atoms. The molecule has 0 aliphatic heterocycles. The maximum Gasteiger partial charge on any atom is 0.261 e. The van der Waals surface area contributed by atoms with Crippen molar-refractivity contribution >= 4 is 21.9 Å². The lowest BCUT2D eigenvalue weighted by Crippen LogP contribution is -2.21. The Balaban J connectivity index is 1.78. The van der Waals surface area contributed by atoms with Gasteiger partial charge in [-0.1, -0.05) is 6.07 Å². The molecule has 0 unspecified atom stereocenters. The second-order valence-electron chi connectivity index (χ2n) is 5.24. The summed E-state index contributed by atoms with van der Waals surface area (Å²) in [5.41, 5.74) is 3.47. The summed E-state index contributed by atoms with van der Waals surface area (Å²) in [7, 11) is 0. The Bertz CT molecular complexity index is 1050. The molecule has 0 aliphatic carbocycles. The number of nitrogens with one attached hydrogen (secondary N) is 1. The van der Waals surface area contributed by atoms with Crippen molar-refractivity contribution in [2.24, 2.45) is 0 Å². The second kappa shape index (κ2) is 4.77. The van der Waals surface area contributed by atoms with Gasteiger partial charge in [0.25, 0.3) is 5.56 Å². The lowest BCUT2D eigenvalue weighted by atomic mass is 10.2. The van der Waals surface area contributed by atoms with Gasteiger partial charge in [-0.3, -0.25) is 14.3 Å². The summed E-state index contributed by atoms with van der Waals surface area (Å²) >= 11 is 0. The van der Waals surface area contributed by atoms with E-state index in [1.165, 1.54) is 0 Å². The van der Waals surface area contributed by atoms with E-state index < -0.39 is 0 Å². The molecule has 4 rings (SSSR count). The number of aryl methyl sites for hydroxylation is 1. The summed E-state index contributed by atoms with van der Waals surface area (Å²) in [6.07, 6.45) is 4.77. The van der Waals surface area contributed by atoms with E-state index in [-0.39, 0.29) is 5.56 Å². The molecule has 108 valence electrons. The fourth-order valence-corrected chi connectivity index (χ4v) is 2.60. The first-order valence-corrected chi connectivity index (χ1v) is 6.95. The number of hydrogen-bond acceptors (Lipinski definition) is 4. The lowest BCUT2D eigenvalue weighted by Gasteiger charge is -2.06. The first-order chi connectivity index (χ1) is 10.7. The molecule has 0 saturated heterocycles. The largest absolute Gasteiger partial charge is 0.342 e. The predicted octanol–water partition coefficient (Wildman–Crippen LogP) is 2.02. The Morgan fingerprint density at radius 2 is 2.14 bits per heavy atom. The van der Waals surface area contributed by atoms with E-state index >= 15 is 0 Å². The third kappa shape index (κ3) is 2.05. The maximum absolute atomic E-state index is 12.5. The first-order valence-electron chi connectivity index (χ1n) is 6.95. The Hall–Kier alpha value is -3.02. The Labute approximate surface area is 125 Å². The fraction of sp³-hybridized carbons (Fsp3) is 0.125. The summed E-state index contributed by atoms with van der Waals surface area (Å²) in [6, 6.07) is 7.64. The van der Waals surface area contributed by atoms with Crippen LogP contribution in [-0.4, -0.2) is 24.5 Å². The average Bonchev–Trinajstić information content (AvgIpc) is 2.90. The molecular weight excluding hydrogens is 278 g/mol. The van der Waals surface area contributed by atoms with E-state index in [1.54, 1.807) is 29.4 Å². The van der Waals surface area contributed by atoms with Crippen LogP contribution in [0.2, 0.25) is 0 Å². The fourth-order valence-electron chi connectivity index (χ4n) is 2.60. The number of hydrogen-bond donors (Lipinski definition) is 1. The molecule has 3 aromatic heterocycles. The summed E-state index contributed by atoms with van der Waals surface area (Å²) < 4.78 is 1.60. The molecule has 0 saturated carbocycles. The number of imidazole rings is 1. The smallest absolute Gasteiger partial charge is 0.261 e. The molecule has 0 radical (unpaired) electrons. The Kier molecular flexibility index (Phi) is 2.75. The Morgan fingerprint density at radius 1 is 1.23 bits per heavy atom. The molecule has 0 aliphatic rings. The second-order valence-corrected chi connectivity index (χ2v) is 5.24. The van der Waals surface area contributed by atoms with Crippen LogP contribution in [-0.2, 0) is 6.54 Å². The van der Waals surface area contributed by atoms with Crippen molar-refractivity contribution in [1.82, 2.24) is 24.5 Å². The number of fused-ring (bicyclic) bond motifs is 2. The van der Waals surface area contributed by atoms with Gasteiger partial charge >= 0.3 is 0 Å². The third-order valence-electron chi connectivity index (χ3n) is 3.65. The highest BCUT2D eigenvalue weighted by Gasteiger charge is 2.06. The van der Waals surface area contributed by atoms with Crippen molar-refractivity contribution in [3.05, 3.63) is 64.7 Å². The number of H-pyrrole nitrogens is 1. The molecule has 1 N–H and O–H groups in total. The molecule has 0 atom stereocenters. The highest BCUT2D eigenvalue weighted by molar-refractivity contribution is 5.76. The molecule has 0 fully saturated rings. The number of aromatic nitrogens is 5. The summed E-state index contributed by atoms with van der Waals surface area (Å²) in [6.45, 7) is 2.39. The zero-order chi connectivity index (χ0) is 15.1. The molecule has 6 heteroatoms. The van der Waals surface area contributed by atoms with Gasteiger partial charge in [0.1, 0.15) is 5.82 Å². The van der Waals surface area contributed by atoms with Crippen molar-refractivity contribution in [3.63, 3.8) is 0 Å². The van der Waals surface area contributed by atoms with Crippen molar-refractivity contribution < 1.29 is 0 Å². The van der Waals surface area contributed by atoms with Crippen molar-refractivity contribution in [2.75, 3.05) is 0 Å². The minimum absolute atomic E-state index is 0.0618. The van der Waals surface area contributed by atoms with Gasteiger partial charge in [-0.25, -0.2) is 9.97 Å². The topological polar surface area (TPSA) is 76.5 Å².